The molecule has 0 saturated heterocycles. The van der Waals surface area contributed by atoms with Gasteiger partial charge in [0.05, 0.1) is 22.0 Å². The molecule has 188 valence electrons. The maximum atomic E-state index is 15.7. The van der Waals surface area contributed by atoms with Crippen LogP contribution in [0, 0.1) is 24.4 Å². The number of thiazole rings is 1. The van der Waals surface area contributed by atoms with E-state index in [9.17, 15) is 17.2 Å². The van der Waals surface area contributed by atoms with Gasteiger partial charge in [-0.15, -0.1) is 0 Å². The fourth-order valence-corrected chi connectivity index (χ4v) is 5.66. The van der Waals surface area contributed by atoms with Crippen LogP contribution in [0.1, 0.15) is 18.3 Å². The molecule has 0 amide bonds. The highest BCUT2D eigenvalue weighted by atomic mass is 32.2. The summed E-state index contributed by atoms with van der Waals surface area (Å²) in [6.45, 7) is 3.21. The molecule has 4 aromatic rings. The molecule has 0 aliphatic heterocycles. The first kappa shape index (κ1) is 25.6. The maximum absolute atomic E-state index is 15.7. The Labute approximate surface area is 210 Å². The minimum Gasteiger partial charge on any atom is -0.354 e. The first-order chi connectivity index (χ1) is 17.0. The van der Waals surface area contributed by atoms with Crippen molar-refractivity contribution in [3.8, 4) is 21.8 Å². The van der Waals surface area contributed by atoms with E-state index in [1.807, 2.05) is 11.6 Å². The molecule has 0 unspecified atom stereocenters. The number of benzene rings is 2. The number of anilines is 2. The van der Waals surface area contributed by atoms with Gasteiger partial charge in [0.2, 0.25) is 0 Å². The normalized spacial score (nSPS) is 11.5. The highest BCUT2D eigenvalue weighted by Gasteiger charge is 2.28. The van der Waals surface area contributed by atoms with Crippen molar-refractivity contribution in [1.29, 1.82) is 0 Å². The summed E-state index contributed by atoms with van der Waals surface area (Å²) in [5.74, 6) is -2.87. The van der Waals surface area contributed by atoms with E-state index in [1.165, 1.54) is 36.5 Å². The van der Waals surface area contributed by atoms with Crippen LogP contribution in [0.4, 0.5) is 24.0 Å². The quantitative estimate of drug-likeness (QED) is 0.341. The number of rotatable bonds is 7. The van der Waals surface area contributed by atoms with Gasteiger partial charge in [0.25, 0.3) is 10.0 Å². The third-order valence-corrected chi connectivity index (χ3v) is 7.91. The van der Waals surface area contributed by atoms with Gasteiger partial charge in [-0.2, -0.15) is 0 Å². The van der Waals surface area contributed by atoms with E-state index >= 15 is 4.39 Å². The molecule has 0 aliphatic rings. The summed E-state index contributed by atoms with van der Waals surface area (Å²) < 4.78 is 72.2. The summed E-state index contributed by atoms with van der Waals surface area (Å²) in [6, 6.07) is 7.69. The standard InChI is InChI=1S/C24H22F3N5O2S2/c1-5-18-28-12-11-17(29-18)22-21(30-24(35-22)32(3)4)14-7-6-8-16(20(14)27)31-36(33,34)23-15(25)10-9-13(2)19(23)26/h6-12,31H,5H2,1-4H3. The van der Waals surface area contributed by atoms with Gasteiger partial charge in [-0.3, -0.25) is 4.72 Å². The predicted octanol–water partition coefficient (Wildman–Crippen LogP) is 5.42. The molecule has 0 radical (unpaired) electrons. The Morgan fingerprint density at radius 2 is 1.78 bits per heavy atom. The summed E-state index contributed by atoms with van der Waals surface area (Å²) in [7, 11) is -1.21. The number of aromatic nitrogens is 3. The van der Waals surface area contributed by atoms with Crippen LogP contribution in [0.2, 0.25) is 0 Å². The fourth-order valence-electron chi connectivity index (χ4n) is 3.42. The molecule has 2 heterocycles. The van der Waals surface area contributed by atoms with E-state index in [0.717, 1.165) is 12.1 Å². The van der Waals surface area contributed by atoms with Crippen LogP contribution in [0.15, 0.2) is 47.5 Å². The first-order valence-electron chi connectivity index (χ1n) is 10.8. The van der Waals surface area contributed by atoms with Gasteiger partial charge >= 0.3 is 0 Å². The van der Waals surface area contributed by atoms with E-state index in [-0.39, 0.29) is 16.8 Å². The van der Waals surface area contributed by atoms with Gasteiger partial charge in [-0.05, 0) is 36.8 Å². The van der Waals surface area contributed by atoms with E-state index < -0.39 is 38.1 Å². The lowest BCUT2D eigenvalue weighted by molar-refractivity contribution is 0.516. The molecular weight excluding hydrogens is 511 g/mol. The second-order valence-electron chi connectivity index (χ2n) is 8.06. The van der Waals surface area contributed by atoms with Crippen LogP contribution in [0.5, 0.6) is 0 Å². The molecule has 1 N–H and O–H groups in total. The van der Waals surface area contributed by atoms with Crippen molar-refractivity contribution >= 4 is 32.2 Å². The van der Waals surface area contributed by atoms with Crippen LogP contribution < -0.4 is 9.62 Å². The van der Waals surface area contributed by atoms with Crippen molar-refractivity contribution in [2.24, 2.45) is 0 Å². The van der Waals surface area contributed by atoms with Crippen molar-refractivity contribution in [2.45, 2.75) is 25.2 Å². The molecule has 0 spiro atoms. The lowest BCUT2D eigenvalue weighted by Crippen LogP contribution is -2.18. The van der Waals surface area contributed by atoms with Crippen LogP contribution in [0.3, 0.4) is 0 Å². The van der Waals surface area contributed by atoms with Crippen molar-refractivity contribution < 1.29 is 21.6 Å². The summed E-state index contributed by atoms with van der Waals surface area (Å²) in [5.41, 5.74) is 0.241. The third kappa shape index (κ3) is 4.78. The largest absolute Gasteiger partial charge is 0.354 e. The van der Waals surface area contributed by atoms with Crippen LogP contribution in [-0.2, 0) is 16.4 Å². The van der Waals surface area contributed by atoms with Gasteiger partial charge in [0.1, 0.15) is 17.5 Å². The summed E-state index contributed by atoms with van der Waals surface area (Å²) in [6.07, 6.45) is 2.20. The zero-order chi connectivity index (χ0) is 26.2. The SMILES string of the molecule is CCc1nccc(-c2sc(N(C)C)nc2-c2cccc(NS(=O)(=O)c3c(F)ccc(C)c3F)c2F)n1. The van der Waals surface area contributed by atoms with E-state index in [0.29, 0.717) is 27.9 Å². The molecule has 2 aromatic carbocycles. The van der Waals surface area contributed by atoms with E-state index in [4.69, 9.17) is 0 Å². The Morgan fingerprint density at radius 3 is 2.47 bits per heavy atom. The molecule has 7 nitrogen and oxygen atoms in total. The summed E-state index contributed by atoms with van der Waals surface area (Å²) in [4.78, 5) is 14.4. The summed E-state index contributed by atoms with van der Waals surface area (Å²) in [5, 5.41) is 0.575. The van der Waals surface area contributed by atoms with Gasteiger partial charge in [-0.25, -0.2) is 36.5 Å². The monoisotopic (exact) mass is 533 g/mol. The summed E-state index contributed by atoms with van der Waals surface area (Å²) >= 11 is 1.28. The van der Waals surface area contributed by atoms with Gasteiger partial charge < -0.3 is 4.90 Å². The smallest absolute Gasteiger partial charge is 0.267 e. The number of sulfonamides is 1. The lowest BCUT2D eigenvalue weighted by Gasteiger charge is -2.13. The topological polar surface area (TPSA) is 88.1 Å². The molecule has 12 heteroatoms. The molecule has 2 aromatic heterocycles. The maximum Gasteiger partial charge on any atom is 0.267 e. The molecule has 0 aliphatic carbocycles. The highest BCUT2D eigenvalue weighted by molar-refractivity contribution is 7.92. The van der Waals surface area contributed by atoms with Crippen molar-refractivity contribution in [3.05, 3.63) is 71.4 Å². The van der Waals surface area contributed by atoms with Gasteiger partial charge in [-0.1, -0.05) is 30.4 Å². The Bertz CT molecular complexity index is 1560. The van der Waals surface area contributed by atoms with Gasteiger partial charge in [0.15, 0.2) is 15.8 Å². The zero-order valence-electron chi connectivity index (χ0n) is 19.8. The second kappa shape index (κ2) is 9.86. The number of hydrogen-bond donors (Lipinski definition) is 1. The van der Waals surface area contributed by atoms with Gasteiger partial charge in [0, 0.05) is 32.3 Å². The van der Waals surface area contributed by atoms with E-state index in [2.05, 4.69) is 15.0 Å². The van der Waals surface area contributed by atoms with Crippen molar-refractivity contribution in [2.75, 3.05) is 23.7 Å². The third-order valence-electron chi connectivity index (χ3n) is 5.26. The average molecular weight is 534 g/mol. The number of nitrogens with one attached hydrogen (secondary N) is 1. The molecule has 4 rings (SSSR count). The van der Waals surface area contributed by atoms with Crippen molar-refractivity contribution in [1.82, 2.24) is 15.0 Å². The predicted molar refractivity (Wildman–Crippen MR) is 134 cm³/mol. The van der Waals surface area contributed by atoms with Crippen LogP contribution in [-0.4, -0.2) is 37.5 Å². The Morgan fingerprint density at radius 1 is 1.03 bits per heavy atom. The number of aryl methyl sites for hydroxylation is 2. The molecular formula is C24H22F3N5O2S2. The number of halogens is 3. The Balaban J connectivity index is 1.84. The molecule has 36 heavy (non-hydrogen) atoms. The second-order valence-corrected chi connectivity index (χ2v) is 10.7. The molecule has 0 saturated carbocycles. The first-order valence-corrected chi connectivity index (χ1v) is 13.1. The molecule has 0 fully saturated rings. The average Bonchev–Trinajstić information content (AvgIpc) is 3.28. The van der Waals surface area contributed by atoms with E-state index in [1.54, 1.807) is 31.3 Å². The minimum atomic E-state index is -4.78. The highest BCUT2D eigenvalue weighted by Crippen LogP contribution is 2.41. The minimum absolute atomic E-state index is 0.00334. The number of nitrogens with zero attached hydrogens (tertiary/aromatic N) is 4. The zero-order valence-corrected chi connectivity index (χ0v) is 21.4. The Kier molecular flexibility index (Phi) is 7.01. The van der Waals surface area contributed by atoms with Crippen LogP contribution >= 0.6 is 11.3 Å². The molecule has 0 atom stereocenters. The van der Waals surface area contributed by atoms with Crippen LogP contribution in [0.25, 0.3) is 21.8 Å². The Hall–Kier alpha value is -3.51. The van der Waals surface area contributed by atoms with Crippen molar-refractivity contribution in [3.63, 3.8) is 0 Å². The lowest BCUT2D eigenvalue weighted by atomic mass is 10.1. The fraction of sp³-hybridized carbons (Fsp3) is 0.208. The molecule has 0 bridgehead atoms. The number of hydrogen-bond acceptors (Lipinski definition) is 7.